The van der Waals surface area contributed by atoms with E-state index in [-0.39, 0.29) is 0 Å². The van der Waals surface area contributed by atoms with Crippen LogP contribution in [0.2, 0.25) is 0 Å². The monoisotopic (exact) mass is 270 g/mol. The molecule has 0 unspecified atom stereocenters. The molecule has 2 nitrogen and oxygen atoms in total. The molecule has 1 aliphatic rings. The van der Waals surface area contributed by atoms with Crippen LogP contribution in [0.4, 0.5) is 0 Å². The molecule has 0 saturated heterocycles. The van der Waals surface area contributed by atoms with Gasteiger partial charge in [0.05, 0.1) is 6.61 Å². The molecule has 0 radical (unpaired) electrons. The highest BCUT2D eigenvalue weighted by atomic mass is 79.9. The molecule has 82 valence electrons. The maximum atomic E-state index is 5.53. The number of hydrogen-bond donors (Lipinski definition) is 0. The van der Waals surface area contributed by atoms with Crippen molar-refractivity contribution in [3.05, 3.63) is 28.2 Å². The minimum atomic E-state index is 0.360. The average molecular weight is 271 g/mol. The Morgan fingerprint density at radius 2 is 2.20 bits per heavy atom. The summed E-state index contributed by atoms with van der Waals surface area (Å²) in [6.07, 6.45) is 2.63. The van der Waals surface area contributed by atoms with E-state index in [0.29, 0.717) is 6.79 Å². The van der Waals surface area contributed by atoms with Gasteiger partial charge in [-0.25, -0.2) is 0 Å². The lowest BCUT2D eigenvalue weighted by atomic mass is 10.2. The molecule has 1 aromatic carbocycles. The Balaban J connectivity index is 1.76. The molecule has 0 N–H and O–H groups in total. The topological polar surface area (TPSA) is 18.5 Å². The Morgan fingerprint density at radius 1 is 1.40 bits per heavy atom. The number of halogens is 1. The lowest BCUT2D eigenvalue weighted by Crippen LogP contribution is -2.05. The van der Waals surface area contributed by atoms with Crippen LogP contribution in [-0.2, 0) is 4.74 Å². The van der Waals surface area contributed by atoms with Crippen LogP contribution in [0, 0.1) is 12.8 Å². The van der Waals surface area contributed by atoms with Gasteiger partial charge in [0.25, 0.3) is 0 Å². The lowest BCUT2D eigenvalue weighted by molar-refractivity contribution is 0.00960. The molecule has 3 heteroatoms. The molecule has 0 bridgehead atoms. The zero-order valence-corrected chi connectivity index (χ0v) is 10.4. The summed E-state index contributed by atoms with van der Waals surface area (Å²) in [7, 11) is 0. The molecular formula is C12H15BrO2. The van der Waals surface area contributed by atoms with Crippen molar-refractivity contribution in [3.63, 3.8) is 0 Å². The average Bonchev–Trinajstić information content (AvgIpc) is 2.99. The highest BCUT2D eigenvalue weighted by molar-refractivity contribution is 9.10. The number of ether oxygens (including phenoxy) is 2. The molecule has 1 fully saturated rings. The van der Waals surface area contributed by atoms with Gasteiger partial charge in [0.15, 0.2) is 6.79 Å². The molecule has 1 saturated carbocycles. The minimum Gasteiger partial charge on any atom is -0.467 e. The first kappa shape index (κ1) is 11.0. The molecular weight excluding hydrogens is 256 g/mol. The summed E-state index contributed by atoms with van der Waals surface area (Å²) in [5.41, 5.74) is 1.12. The number of aryl methyl sites for hydroxylation is 1. The van der Waals surface area contributed by atoms with E-state index < -0.39 is 0 Å². The second-order valence-electron chi connectivity index (χ2n) is 3.99. The van der Waals surface area contributed by atoms with Gasteiger partial charge >= 0.3 is 0 Å². The van der Waals surface area contributed by atoms with Gasteiger partial charge in [-0.15, -0.1) is 0 Å². The third-order valence-electron chi connectivity index (χ3n) is 2.49. The van der Waals surface area contributed by atoms with Crippen LogP contribution in [0.25, 0.3) is 0 Å². The van der Waals surface area contributed by atoms with Crippen LogP contribution in [0.15, 0.2) is 22.7 Å². The van der Waals surface area contributed by atoms with E-state index >= 15 is 0 Å². The first-order valence-corrected chi connectivity index (χ1v) is 6.01. The molecule has 0 amide bonds. The normalized spacial score (nSPS) is 15.3. The highest BCUT2D eigenvalue weighted by Gasteiger charge is 2.21. The first-order chi connectivity index (χ1) is 7.25. The Hall–Kier alpha value is -0.540. The van der Waals surface area contributed by atoms with Crippen molar-refractivity contribution in [2.45, 2.75) is 19.8 Å². The van der Waals surface area contributed by atoms with Crippen molar-refractivity contribution < 1.29 is 9.47 Å². The van der Waals surface area contributed by atoms with Crippen LogP contribution in [-0.4, -0.2) is 13.4 Å². The van der Waals surface area contributed by atoms with E-state index in [2.05, 4.69) is 15.9 Å². The van der Waals surface area contributed by atoms with E-state index in [9.17, 15) is 0 Å². The van der Waals surface area contributed by atoms with Crippen LogP contribution in [0.3, 0.4) is 0 Å². The summed E-state index contributed by atoms with van der Waals surface area (Å²) >= 11 is 3.42. The van der Waals surface area contributed by atoms with Gasteiger partial charge < -0.3 is 9.47 Å². The van der Waals surface area contributed by atoms with Crippen LogP contribution in [0.1, 0.15) is 18.4 Å². The predicted molar refractivity (Wildman–Crippen MR) is 63.1 cm³/mol. The van der Waals surface area contributed by atoms with Gasteiger partial charge in [-0.3, -0.25) is 0 Å². The van der Waals surface area contributed by atoms with Crippen LogP contribution < -0.4 is 4.74 Å². The SMILES string of the molecule is Cc1cc(Br)ccc1OCOCC1CC1. The third-order valence-corrected chi connectivity index (χ3v) is 2.98. The van der Waals surface area contributed by atoms with Crippen molar-refractivity contribution >= 4 is 15.9 Å². The Morgan fingerprint density at radius 3 is 2.87 bits per heavy atom. The summed E-state index contributed by atoms with van der Waals surface area (Å²) < 4.78 is 12.0. The van der Waals surface area contributed by atoms with Gasteiger partial charge in [-0.2, -0.15) is 0 Å². The molecule has 15 heavy (non-hydrogen) atoms. The quantitative estimate of drug-likeness (QED) is 0.602. The lowest BCUT2D eigenvalue weighted by Gasteiger charge is -2.09. The highest BCUT2D eigenvalue weighted by Crippen LogP contribution is 2.29. The molecule has 0 spiro atoms. The standard InChI is InChI=1S/C12H15BrO2/c1-9-6-11(13)4-5-12(9)15-8-14-7-10-2-3-10/h4-6,10H,2-3,7-8H2,1H3. The zero-order chi connectivity index (χ0) is 10.7. The van der Waals surface area contributed by atoms with Crippen LogP contribution >= 0.6 is 15.9 Å². The summed E-state index contributed by atoms with van der Waals surface area (Å²) in [4.78, 5) is 0. The Labute approximate surface area is 98.7 Å². The molecule has 0 heterocycles. The molecule has 0 aliphatic heterocycles. The molecule has 0 aromatic heterocycles. The minimum absolute atomic E-state index is 0.360. The molecule has 0 atom stereocenters. The Bertz CT molecular complexity index is 334. The van der Waals surface area contributed by atoms with Crippen molar-refractivity contribution in [3.8, 4) is 5.75 Å². The second kappa shape index (κ2) is 4.99. The fourth-order valence-electron chi connectivity index (χ4n) is 1.38. The second-order valence-corrected chi connectivity index (χ2v) is 4.90. The van der Waals surface area contributed by atoms with Crippen molar-refractivity contribution in [1.29, 1.82) is 0 Å². The summed E-state index contributed by atoms with van der Waals surface area (Å²) in [6.45, 7) is 3.23. The van der Waals surface area contributed by atoms with Gasteiger partial charge in [0, 0.05) is 4.47 Å². The number of benzene rings is 1. The molecule has 1 aliphatic carbocycles. The van der Waals surface area contributed by atoms with Crippen LogP contribution in [0.5, 0.6) is 5.75 Å². The fraction of sp³-hybridized carbons (Fsp3) is 0.500. The fourth-order valence-corrected chi connectivity index (χ4v) is 1.85. The van der Waals surface area contributed by atoms with Gasteiger partial charge in [0.1, 0.15) is 5.75 Å². The van der Waals surface area contributed by atoms with Gasteiger partial charge in [-0.1, -0.05) is 15.9 Å². The van der Waals surface area contributed by atoms with E-state index in [0.717, 1.165) is 28.3 Å². The van der Waals surface area contributed by atoms with E-state index in [1.54, 1.807) is 0 Å². The molecule has 2 rings (SSSR count). The third kappa shape index (κ3) is 3.50. The largest absolute Gasteiger partial charge is 0.467 e. The zero-order valence-electron chi connectivity index (χ0n) is 8.83. The smallest absolute Gasteiger partial charge is 0.189 e. The van der Waals surface area contributed by atoms with Gasteiger partial charge in [-0.05, 0) is 49.4 Å². The summed E-state index contributed by atoms with van der Waals surface area (Å²) in [6, 6.07) is 5.97. The van der Waals surface area contributed by atoms with E-state index in [1.807, 2.05) is 25.1 Å². The maximum Gasteiger partial charge on any atom is 0.189 e. The first-order valence-electron chi connectivity index (χ1n) is 5.22. The van der Waals surface area contributed by atoms with Crippen molar-refractivity contribution in [2.24, 2.45) is 5.92 Å². The van der Waals surface area contributed by atoms with Crippen molar-refractivity contribution in [1.82, 2.24) is 0 Å². The summed E-state index contributed by atoms with van der Waals surface area (Å²) in [5, 5.41) is 0. The maximum absolute atomic E-state index is 5.53. The number of hydrogen-bond acceptors (Lipinski definition) is 2. The summed E-state index contributed by atoms with van der Waals surface area (Å²) in [5.74, 6) is 1.69. The van der Waals surface area contributed by atoms with Crippen molar-refractivity contribution in [2.75, 3.05) is 13.4 Å². The molecule has 1 aromatic rings. The van der Waals surface area contributed by atoms with E-state index in [4.69, 9.17) is 9.47 Å². The number of rotatable bonds is 5. The van der Waals surface area contributed by atoms with Gasteiger partial charge in [0.2, 0.25) is 0 Å². The Kier molecular flexibility index (Phi) is 3.65. The van der Waals surface area contributed by atoms with E-state index in [1.165, 1.54) is 12.8 Å². The predicted octanol–water partition coefficient (Wildman–Crippen LogP) is 3.52.